The zero-order valence-corrected chi connectivity index (χ0v) is 9.07. The van der Waals surface area contributed by atoms with Crippen molar-refractivity contribution >= 4 is 18.4 Å². The number of carbonyl (C=O) groups excluding carboxylic acids is 1. The Labute approximate surface area is 81.3 Å². The van der Waals surface area contributed by atoms with E-state index in [-0.39, 0.29) is 0 Å². The van der Waals surface area contributed by atoms with E-state index in [9.17, 15) is 4.79 Å². The van der Waals surface area contributed by atoms with Crippen molar-refractivity contribution in [2.75, 3.05) is 0 Å². The summed E-state index contributed by atoms with van der Waals surface area (Å²) in [5.74, 6) is 0.307. The third-order valence-corrected chi connectivity index (χ3v) is 2.45. The summed E-state index contributed by atoms with van der Waals surface area (Å²) in [5, 5.41) is 0.543. The zero-order chi connectivity index (χ0) is 9.40. The molecule has 72 valence electrons. The van der Waals surface area contributed by atoms with Crippen molar-refractivity contribution < 1.29 is 4.79 Å². The van der Waals surface area contributed by atoms with Gasteiger partial charge in [0.05, 0.1) is 0 Å². The number of carbonyl (C=O) groups is 1. The maximum absolute atomic E-state index is 10.6. The molecule has 0 rings (SSSR count). The normalized spacial score (nSPS) is 12.9. The van der Waals surface area contributed by atoms with Crippen LogP contribution in [0.4, 0.5) is 0 Å². The largest absolute Gasteiger partial charge is 0.300 e. The van der Waals surface area contributed by atoms with Gasteiger partial charge in [-0.1, -0.05) is 19.8 Å². The summed E-state index contributed by atoms with van der Waals surface area (Å²) in [6.45, 7) is 3.84. The Morgan fingerprint density at radius 2 is 2.00 bits per heavy atom. The fraction of sp³-hybridized carbons (Fsp3) is 0.900. The number of hydrogen-bond acceptors (Lipinski definition) is 2. The van der Waals surface area contributed by atoms with E-state index in [4.69, 9.17) is 0 Å². The van der Waals surface area contributed by atoms with Gasteiger partial charge in [0.15, 0.2) is 0 Å². The van der Waals surface area contributed by atoms with Gasteiger partial charge in [0.2, 0.25) is 0 Å². The Morgan fingerprint density at radius 3 is 2.50 bits per heavy atom. The highest BCUT2D eigenvalue weighted by Gasteiger charge is 2.01. The molecule has 0 saturated carbocycles. The van der Waals surface area contributed by atoms with E-state index in [0.717, 1.165) is 25.7 Å². The first kappa shape index (κ1) is 12.0. The minimum Gasteiger partial charge on any atom is -0.300 e. The van der Waals surface area contributed by atoms with Gasteiger partial charge in [-0.05, 0) is 26.2 Å². The molecule has 12 heavy (non-hydrogen) atoms. The Hall–Kier alpha value is 0.0200. The monoisotopic (exact) mass is 188 g/mol. The lowest BCUT2D eigenvalue weighted by molar-refractivity contribution is -0.117. The fourth-order valence-corrected chi connectivity index (χ4v) is 1.67. The summed E-state index contributed by atoms with van der Waals surface area (Å²) in [5.41, 5.74) is 0. The van der Waals surface area contributed by atoms with E-state index >= 15 is 0 Å². The van der Waals surface area contributed by atoms with Crippen LogP contribution in [0.1, 0.15) is 52.4 Å². The van der Waals surface area contributed by atoms with E-state index in [0.29, 0.717) is 11.0 Å². The molecule has 2 heteroatoms. The van der Waals surface area contributed by atoms with Gasteiger partial charge in [-0.15, -0.1) is 0 Å². The van der Waals surface area contributed by atoms with Gasteiger partial charge in [0.25, 0.3) is 0 Å². The molecule has 0 fully saturated rings. The van der Waals surface area contributed by atoms with Gasteiger partial charge in [-0.25, -0.2) is 0 Å². The van der Waals surface area contributed by atoms with E-state index in [1.165, 1.54) is 12.8 Å². The molecule has 0 spiro atoms. The van der Waals surface area contributed by atoms with E-state index in [1.54, 1.807) is 6.92 Å². The van der Waals surface area contributed by atoms with Crippen LogP contribution in [0, 0.1) is 0 Å². The summed E-state index contributed by atoms with van der Waals surface area (Å²) < 4.78 is 0. The average molecular weight is 188 g/mol. The highest BCUT2D eigenvalue weighted by atomic mass is 32.1. The lowest BCUT2D eigenvalue weighted by Crippen LogP contribution is -1.98. The molecule has 0 aliphatic heterocycles. The molecule has 0 aliphatic rings. The van der Waals surface area contributed by atoms with Crippen LogP contribution < -0.4 is 0 Å². The van der Waals surface area contributed by atoms with Gasteiger partial charge >= 0.3 is 0 Å². The first-order chi connectivity index (χ1) is 5.66. The number of unbranched alkanes of at least 4 members (excludes halogenated alkanes) is 1. The summed E-state index contributed by atoms with van der Waals surface area (Å²) in [6, 6.07) is 0. The second-order valence-electron chi connectivity index (χ2n) is 3.39. The zero-order valence-electron chi connectivity index (χ0n) is 8.18. The summed E-state index contributed by atoms with van der Waals surface area (Å²) in [7, 11) is 0. The predicted octanol–water partition coefficient (Wildman–Crippen LogP) is 3.23. The van der Waals surface area contributed by atoms with Crippen molar-refractivity contribution in [3.8, 4) is 0 Å². The summed E-state index contributed by atoms with van der Waals surface area (Å²) in [6.07, 6.45) is 6.49. The molecule has 0 amide bonds. The van der Waals surface area contributed by atoms with Gasteiger partial charge < -0.3 is 4.79 Å². The molecule has 0 aliphatic carbocycles. The number of ketones is 1. The highest BCUT2D eigenvalue weighted by molar-refractivity contribution is 7.80. The van der Waals surface area contributed by atoms with Crippen LogP contribution in [0.2, 0.25) is 0 Å². The van der Waals surface area contributed by atoms with E-state index in [1.807, 2.05) is 0 Å². The van der Waals surface area contributed by atoms with Crippen molar-refractivity contribution in [1.82, 2.24) is 0 Å². The van der Waals surface area contributed by atoms with Crippen LogP contribution in [0.3, 0.4) is 0 Å². The third-order valence-electron chi connectivity index (χ3n) is 1.94. The minimum atomic E-state index is 0.307. The molecule has 0 aromatic carbocycles. The van der Waals surface area contributed by atoms with E-state index < -0.39 is 0 Å². The molecular formula is C10H20OS. The Kier molecular flexibility index (Phi) is 7.67. The van der Waals surface area contributed by atoms with Crippen molar-refractivity contribution in [1.29, 1.82) is 0 Å². The molecule has 0 N–H and O–H groups in total. The Balaban J connectivity index is 3.13. The number of hydrogen-bond donors (Lipinski definition) is 1. The van der Waals surface area contributed by atoms with Crippen molar-refractivity contribution in [2.24, 2.45) is 0 Å². The van der Waals surface area contributed by atoms with Crippen LogP contribution in [0.25, 0.3) is 0 Å². The highest BCUT2D eigenvalue weighted by Crippen LogP contribution is 2.13. The average Bonchev–Trinajstić information content (AvgIpc) is 1.98. The van der Waals surface area contributed by atoms with Gasteiger partial charge in [-0.2, -0.15) is 12.6 Å². The molecular weight excluding hydrogens is 168 g/mol. The molecule has 0 bridgehead atoms. The molecule has 1 nitrogen and oxygen atoms in total. The molecule has 1 atom stereocenters. The minimum absolute atomic E-state index is 0.307. The molecule has 0 heterocycles. The lowest BCUT2D eigenvalue weighted by atomic mass is 10.1. The maximum Gasteiger partial charge on any atom is 0.129 e. The molecule has 0 saturated heterocycles. The number of Topliss-reactive ketones (excluding diaryl/α,β-unsaturated/α-hetero) is 1. The summed E-state index contributed by atoms with van der Waals surface area (Å²) in [4.78, 5) is 10.6. The molecule has 0 aromatic heterocycles. The predicted molar refractivity (Wildman–Crippen MR) is 56.8 cm³/mol. The second-order valence-corrected chi connectivity index (χ2v) is 4.12. The Bertz CT molecular complexity index is 123. The first-order valence-electron chi connectivity index (χ1n) is 4.84. The number of thiol groups is 1. The fourth-order valence-electron chi connectivity index (χ4n) is 1.23. The smallest absolute Gasteiger partial charge is 0.129 e. The number of rotatable bonds is 7. The lowest BCUT2D eigenvalue weighted by Gasteiger charge is -2.07. The molecule has 0 radical (unpaired) electrons. The van der Waals surface area contributed by atoms with Crippen LogP contribution in [0.15, 0.2) is 0 Å². The van der Waals surface area contributed by atoms with Crippen LogP contribution in [0.5, 0.6) is 0 Å². The second kappa shape index (κ2) is 7.66. The van der Waals surface area contributed by atoms with Gasteiger partial charge in [-0.3, -0.25) is 0 Å². The maximum atomic E-state index is 10.6. The Morgan fingerprint density at radius 1 is 1.33 bits per heavy atom. The van der Waals surface area contributed by atoms with Crippen LogP contribution in [-0.4, -0.2) is 11.0 Å². The third kappa shape index (κ3) is 8.12. The summed E-state index contributed by atoms with van der Waals surface area (Å²) >= 11 is 4.45. The van der Waals surface area contributed by atoms with Crippen molar-refractivity contribution in [3.05, 3.63) is 0 Å². The van der Waals surface area contributed by atoms with E-state index in [2.05, 4.69) is 19.6 Å². The molecule has 1 unspecified atom stereocenters. The standard InChI is InChI=1S/C10H20OS/c1-3-6-10(12)8-5-4-7-9(2)11/h10,12H,3-8H2,1-2H3. The SMILES string of the molecule is CCCC(S)CCCCC(C)=O. The topological polar surface area (TPSA) is 17.1 Å². The van der Waals surface area contributed by atoms with Gasteiger partial charge in [0, 0.05) is 11.7 Å². The van der Waals surface area contributed by atoms with Crippen LogP contribution in [-0.2, 0) is 4.79 Å². The van der Waals surface area contributed by atoms with Gasteiger partial charge in [0.1, 0.15) is 5.78 Å². The molecule has 0 aromatic rings. The van der Waals surface area contributed by atoms with Crippen molar-refractivity contribution in [2.45, 2.75) is 57.6 Å². The first-order valence-corrected chi connectivity index (χ1v) is 5.36. The van der Waals surface area contributed by atoms with Crippen molar-refractivity contribution in [3.63, 3.8) is 0 Å². The quantitative estimate of drug-likeness (QED) is 0.479. The van der Waals surface area contributed by atoms with Crippen LogP contribution >= 0.6 is 12.6 Å².